The van der Waals surface area contributed by atoms with Crippen LogP contribution in [0.25, 0.3) is 11.1 Å². The molecule has 0 aliphatic carbocycles. The molecule has 0 bridgehead atoms. The molecule has 0 N–H and O–H groups in total. The van der Waals surface area contributed by atoms with Gasteiger partial charge in [-0.15, -0.1) is 0 Å². The van der Waals surface area contributed by atoms with Gasteiger partial charge < -0.3 is 8.37 Å². The molecule has 4 aromatic rings. The zero-order chi connectivity index (χ0) is 37.8. The first kappa shape index (κ1) is 40.1. The highest BCUT2D eigenvalue weighted by Gasteiger charge is 2.31. The van der Waals surface area contributed by atoms with E-state index >= 15 is 0 Å². The lowest BCUT2D eigenvalue weighted by molar-refractivity contribution is 0.478. The highest BCUT2D eigenvalue weighted by Crippen LogP contribution is 2.40. The Labute approximate surface area is 316 Å². The van der Waals surface area contributed by atoms with Crippen LogP contribution >= 0.6 is 31.9 Å². The van der Waals surface area contributed by atoms with Gasteiger partial charge in [0.25, 0.3) is 0 Å². The standard InChI is InChI=1S/C40H48Br2O6S2/c1-37(2,3)25-17-26(38(4,5)6)20-31(19-25)47-49(43,44)35-23-29(41)13-15-33(35)34-16-14-30(42)24-36(34)50(45,46)48-32-21-27(39(7,8)9)18-28(22-32)40(10,11)12/h13-24H,1-12H3. The highest BCUT2D eigenvalue weighted by atomic mass is 79.9. The van der Waals surface area contributed by atoms with Gasteiger partial charge in [-0.25, -0.2) is 0 Å². The minimum Gasteiger partial charge on any atom is -0.379 e. The second kappa shape index (κ2) is 13.7. The van der Waals surface area contributed by atoms with Crippen molar-refractivity contribution in [1.82, 2.24) is 0 Å². The third kappa shape index (κ3) is 9.41. The van der Waals surface area contributed by atoms with Crippen molar-refractivity contribution in [3.8, 4) is 22.6 Å². The van der Waals surface area contributed by atoms with Crippen molar-refractivity contribution in [3.63, 3.8) is 0 Å². The van der Waals surface area contributed by atoms with E-state index in [9.17, 15) is 16.8 Å². The molecular weight excluding hydrogens is 800 g/mol. The van der Waals surface area contributed by atoms with Crippen molar-refractivity contribution in [1.29, 1.82) is 0 Å². The van der Waals surface area contributed by atoms with E-state index in [4.69, 9.17) is 8.37 Å². The molecule has 0 unspecified atom stereocenters. The van der Waals surface area contributed by atoms with Crippen LogP contribution in [-0.4, -0.2) is 16.8 Å². The lowest BCUT2D eigenvalue weighted by atomic mass is 9.80. The molecule has 50 heavy (non-hydrogen) atoms. The molecule has 0 fully saturated rings. The lowest BCUT2D eigenvalue weighted by Gasteiger charge is -2.26. The van der Waals surface area contributed by atoms with E-state index in [0.29, 0.717) is 8.95 Å². The Kier molecular flexibility index (Phi) is 11.0. The Morgan fingerprint density at radius 2 is 0.680 bits per heavy atom. The smallest absolute Gasteiger partial charge is 0.339 e. The van der Waals surface area contributed by atoms with Crippen LogP contribution < -0.4 is 8.37 Å². The number of hydrogen-bond acceptors (Lipinski definition) is 6. The van der Waals surface area contributed by atoms with Gasteiger partial charge in [-0.3, -0.25) is 0 Å². The molecule has 0 saturated heterocycles. The van der Waals surface area contributed by atoms with Gasteiger partial charge in [0.05, 0.1) is 0 Å². The van der Waals surface area contributed by atoms with Crippen molar-refractivity contribution < 1.29 is 25.2 Å². The zero-order valence-electron chi connectivity index (χ0n) is 31.0. The Morgan fingerprint density at radius 3 is 0.920 bits per heavy atom. The largest absolute Gasteiger partial charge is 0.379 e. The molecule has 0 amide bonds. The van der Waals surface area contributed by atoms with Crippen LogP contribution in [0.15, 0.2) is 91.5 Å². The topological polar surface area (TPSA) is 86.7 Å². The summed E-state index contributed by atoms with van der Waals surface area (Å²) in [5.74, 6) is 0.349. The monoisotopic (exact) mass is 846 g/mol. The van der Waals surface area contributed by atoms with Gasteiger partial charge in [0.1, 0.15) is 21.3 Å². The molecule has 0 aliphatic heterocycles. The maximum Gasteiger partial charge on any atom is 0.339 e. The highest BCUT2D eigenvalue weighted by molar-refractivity contribution is 9.10. The molecule has 10 heteroatoms. The van der Waals surface area contributed by atoms with Gasteiger partial charge in [0.15, 0.2) is 0 Å². The first-order chi connectivity index (χ1) is 22.6. The van der Waals surface area contributed by atoms with E-state index in [1.807, 2.05) is 0 Å². The maximum atomic E-state index is 14.2. The molecule has 0 heterocycles. The van der Waals surface area contributed by atoms with E-state index in [1.54, 1.807) is 48.5 Å². The normalized spacial score (nSPS) is 13.3. The summed E-state index contributed by atoms with van der Waals surface area (Å²) in [6.45, 7) is 24.7. The van der Waals surface area contributed by atoms with Crippen molar-refractivity contribution in [2.75, 3.05) is 0 Å². The summed E-state index contributed by atoms with van der Waals surface area (Å²) >= 11 is 6.82. The molecule has 0 spiro atoms. The van der Waals surface area contributed by atoms with Crippen LogP contribution in [0.5, 0.6) is 11.5 Å². The summed E-state index contributed by atoms with van der Waals surface area (Å²) < 4.78 is 69.6. The van der Waals surface area contributed by atoms with Gasteiger partial charge in [-0.2, -0.15) is 16.8 Å². The SMILES string of the molecule is CC(C)(C)c1cc(OS(=O)(=O)c2cc(Br)ccc2-c2ccc(Br)cc2S(=O)(=O)Oc2cc(C(C)(C)C)cc(C(C)(C)C)c2)cc(C(C)(C)C)c1. The predicted octanol–water partition coefficient (Wildman–Crippen LogP) is 11.6. The van der Waals surface area contributed by atoms with Gasteiger partial charge in [0, 0.05) is 20.1 Å². The summed E-state index contributed by atoms with van der Waals surface area (Å²) in [7, 11) is -8.98. The second-order valence-electron chi connectivity index (χ2n) is 16.8. The first-order valence-corrected chi connectivity index (χ1v) is 20.8. The van der Waals surface area contributed by atoms with Crippen molar-refractivity contribution >= 4 is 52.1 Å². The third-order valence-electron chi connectivity index (χ3n) is 8.41. The van der Waals surface area contributed by atoms with Gasteiger partial charge in [-0.1, -0.05) is 139 Å². The second-order valence-corrected chi connectivity index (χ2v) is 21.7. The molecule has 0 aliphatic rings. The number of hydrogen-bond donors (Lipinski definition) is 0. The number of rotatable bonds is 7. The summed E-state index contributed by atoms with van der Waals surface area (Å²) in [5, 5.41) is 0. The number of halogens is 2. The minimum atomic E-state index is -4.49. The molecule has 0 atom stereocenters. The van der Waals surface area contributed by atoms with Crippen LogP contribution in [-0.2, 0) is 41.9 Å². The van der Waals surface area contributed by atoms with Crippen molar-refractivity contribution in [2.45, 2.75) is 115 Å². The summed E-state index contributed by atoms with van der Waals surface area (Å²) in [6.07, 6.45) is 0. The summed E-state index contributed by atoms with van der Waals surface area (Å²) in [6, 6.07) is 20.4. The Bertz CT molecular complexity index is 1920. The molecule has 4 aromatic carbocycles. The van der Waals surface area contributed by atoms with Crippen LogP contribution in [0.2, 0.25) is 0 Å². The minimum absolute atomic E-state index is 0.143. The van der Waals surface area contributed by atoms with Gasteiger partial charge in [-0.05, 0) is 92.4 Å². The fourth-order valence-corrected chi connectivity index (χ4v) is 8.56. The quantitative estimate of drug-likeness (QED) is 0.172. The Balaban J connectivity index is 1.89. The zero-order valence-corrected chi connectivity index (χ0v) is 35.8. The van der Waals surface area contributed by atoms with Crippen LogP contribution in [0.3, 0.4) is 0 Å². The van der Waals surface area contributed by atoms with Crippen molar-refractivity contribution in [2.24, 2.45) is 0 Å². The van der Waals surface area contributed by atoms with Crippen LogP contribution in [0.1, 0.15) is 105 Å². The Hall–Kier alpha value is -2.66. The van der Waals surface area contributed by atoms with Crippen LogP contribution in [0.4, 0.5) is 0 Å². The van der Waals surface area contributed by atoms with E-state index in [-0.39, 0.29) is 54.1 Å². The maximum absolute atomic E-state index is 14.2. The van der Waals surface area contributed by atoms with Crippen molar-refractivity contribution in [3.05, 3.63) is 104 Å². The lowest BCUT2D eigenvalue weighted by Crippen LogP contribution is -2.18. The fourth-order valence-electron chi connectivity index (χ4n) is 5.22. The predicted molar refractivity (Wildman–Crippen MR) is 211 cm³/mol. The molecule has 6 nitrogen and oxygen atoms in total. The summed E-state index contributed by atoms with van der Waals surface area (Å²) in [5.41, 5.74) is 2.89. The fraction of sp³-hybridized carbons (Fsp3) is 0.400. The summed E-state index contributed by atoms with van der Waals surface area (Å²) in [4.78, 5) is -0.400. The molecular formula is C40H48Br2O6S2. The van der Waals surface area contributed by atoms with E-state index in [2.05, 4.69) is 127 Å². The molecule has 0 saturated carbocycles. The average Bonchev–Trinajstić information content (AvgIpc) is 2.94. The van der Waals surface area contributed by atoms with E-state index in [1.165, 1.54) is 12.1 Å². The molecule has 270 valence electrons. The first-order valence-electron chi connectivity index (χ1n) is 16.4. The van der Waals surface area contributed by atoms with Gasteiger partial charge in [0.2, 0.25) is 0 Å². The number of benzene rings is 4. The third-order valence-corrected chi connectivity index (χ3v) is 12.0. The van der Waals surface area contributed by atoms with E-state index in [0.717, 1.165) is 22.3 Å². The van der Waals surface area contributed by atoms with Crippen LogP contribution in [0, 0.1) is 0 Å². The molecule has 4 rings (SSSR count). The average molecular weight is 849 g/mol. The van der Waals surface area contributed by atoms with E-state index < -0.39 is 20.2 Å². The molecule has 0 aromatic heterocycles. The van der Waals surface area contributed by atoms with Gasteiger partial charge >= 0.3 is 20.2 Å². The Morgan fingerprint density at radius 1 is 0.420 bits per heavy atom. The molecule has 0 radical (unpaired) electrons.